The molecule has 0 unspecified atom stereocenters. The third-order valence-corrected chi connectivity index (χ3v) is 5.35. The zero-order valence-corrected chi connectivity index (χ0v) is 18.0. The monoisotopic (exact) mass is 425 g/mol. The number of halogens is 1. The molecule has 4 rings (SSSR count). The van der Waals surface area contributed by atoms with Gasteiger partial charge in [0.2, 0.25) is 0 Å². The van der Waals surface area contributed by atoms with Crippen LogP contribution >= 0.6 is 0 Å². The maximum Gasteiger partial charge on any atom is 0.193 e. The fourth-order valence-corrected chi connectivity index (χ4v) is 3.71. The highest BCUT2D eigenvalue weighted by Crippen LogP contribution is 2.10. The van der Waals surface area contributed by atoms with E-state index in [0.29, 0.717) is 0 Å². The Morgan fingerprint density at radius 2 is 1.90 bits per heavy atom. The maximum atomic E-state index is 13.1. The van der Waals surface area contributed by atoms with E-state index in [4.69, 9.17) is 4.52 Å². The lowest BCUT2D eigenvalue weighted by molar-refractivity contribution is 0.169. The van der Waals surface area contributed by atoms with E-state index in [0.717, 1.165) is 74.5 Å². The highest BCUT2D eigenvalue weighted by molar-refractivity contribution is 5.80. The Kier molecular flexibility index (Phi) is 6.61. The number of piperazine rings is 1. The molecule has 3 heterocycles. The quantitative estimate of drug-likeness (QED) is 0.482. The maximum absolute atomic E-state index is 13.1. The van der Waals surface area contributed by atoms with E-state index < -0.39 is 0 Å². The Morgan fingerprint density at radius 1 is 1.13 bits per heavy atom. The summed E-state index contributed by atoms with van der Waals surface area (Å²) in [5, 5.41) is 12.1. The Bertz CT molecular complexity index is 1000. The van der Waals surface area contributed by atoms with Gasteiger partial charge in [0.25, 0.3) is 0 Å². The van der Waals surface area contributed by atoms with Crippen LogP contribution in [-0.4, -0.2) is 70.5 Å². The minimum Gasteiger partial charge on any atom is -0.361 e. The van der Waals surface area contributed by atoms with Crippen LogP contribution in [0.1, 0.15) is 17.1 Å². The molecule has 0 atom stereocenters. The van der Waals surface area contributed by atoms with Crippen LogP contribution in [0.3, 0.4) is 0 Å². The third kappa shape index (κ3) is 5.49. The van der Waals surface area contributed by atoms with Gasteiger partial charge in [0.1, 0.15) is 11.6 Å². The molecule has 0 bridgehead atoms. The molecule has 2 aromatic heterocycles. The van der Waals surface area contributed by atoms with Crippen molar-refractivity contribution in [1.82, 2.24) is 30.1 Å². The van der Waals surface area contributed by atoms with Gasteiger partial charge in [-0.3, -0.25) is 9.89 Å². The van der Waals surface area contributed by atoms with E-state index in [-0.39, 0.29) is 5.82 Å². The topological polar surface area (TPSA) is 74.7 Å². The van der Waals surface area contributed by atoms with Gasteiger partial charge in [-0.2, -0.15) is 5.10 Å². The van der Waals surface area contributed by atoms with Gasteiger partial charge >= 0.3 is 0 Å². The van der Waals surface area contributed by atoms with Crippen molar-refractivity contribution < 1.29 is 8.91 Å². The summed E-state index contributed by atoms with van der Waals surface area (Å²) in [7, 11) is 1.82. The van der Waals surface area contributed by atoms with Crippen LogP contribution in [0.15, 0.2) is 52.1 Å². The van der Waals surface area contributed by atoms with Gasteiger partial charge in [-0.1, -0.05) is 5.16 Å². The zero-order chi connectivity index (χ0) is 21.6. The average Bonchev–Trinajstić information content (AvgIpc) is 3.41. The summed E-state index contributed by atoms with van der Waals surface area (Å²) in [5.74, 6) is 1.51. The number of benzene rings is 1. The van der Waals surface area contributed by atoms with Crippen molar-refractivity contribution in [2.75, 3.05) is 39.8 Å². The van der Waals surface area contributed by atoms with Gasteiger partial charge in [-0.05, 0) is 37.3 Å². The molecule has 1 N–H and O–H groups in total. The number of aliphatic imine (C=N–C) groups is 1. The van der Waals surface area contributed by atoms with Gasteiger partial charge in [0, 0.05) is 65.0 Å². The second kappa shape index (κ2) is 9.74. The average molecular weight is 426 g/mol. The fraction of sp³-hybridized carbons (Fsp3) is 0.409. The van der Waals surface area contributed by atoms with E-state index in [1.54, 1.807) is 16.8 Å². The smallest absolute Gasteiger partial charge is 0.193 e. The molecule has 0 spiro atoms. The summed E-state index contributed by atoms with van der Waals surface area (Å²) in [5.41, 5.74) is 2.80. The first kappa shape index (κ1) is 21.0. The first-order valence-corrected chi connectivity index (χ1v) is 10.5. The Labute approximate surface area is 181 Å². The number of nitrogens with one attached hydrogen (secondary N) is 1. The fourth-order valence-electron chi connectivity index (χ4n) is 3.71. The lowest BCUT2D eigenvalue weighted by atomic mass is 10.3. The normalized spacial score (nSPS) is 15.5. The van der Waals surface area contributed by atoms with Gasteiger partial charge in [0.05, 0.1) is 17.1 Å². The number of guanidine groups is 1. The van der Waals surface area contributed by atoms with Gasteiger partial charge in [-0.15, -0.1) is 0 Å². The molecule has 1 aliphatic heterocycles. The van der Waals surface area contributed by atoms with Crippen molar-refractivity contribution in [3.63, 3.8) is 0 Å². The highest BCUT2D eigenvalue weighted by atomic mass is 19.1. The predicted octanol–water partition coefficient (Wildman–Crippen LogP) is 2.24. The van der Waals surface area contributed by atoms with Crippen LogP contribution in [-0.2, 0) is 13.0 Å². The molecule has 31 heavy (non-hydrogen) atoms. The molecular weight excluding hydrogens is 397 g/mol. The molecule has 1 saturated heterocycles. The molecule has 1 aliphatic rings. The molecule has 8 nitrogen and oxygen atoms in total. The van der Waals surface area contributed by atoms with E-state index in [2.05, 4.69) is 30.4 Å². The molecular formula is C22H28FN7O. The minimum absolute atomic E-state index is 0.249. The molecule has 0 amide bonds. The van der Waals surface area contributed by atoms with E-state index in [1.165, 1.54) is 12.1 Å². The molecule has 9 heteroatoms. The number of aryl methyl sites for hydroxylation is 1. The molecule has 1 fully saturated rings. The summed E-state index contributed by atoms with van der Waals surface area (Å²) in [4.78, 5) is 9.10. The van der Waals surface area contributed by atoms with Crippen molar-refractivity contribution in [3.05, 3.63) is 65.6 Å². The van der Waals surface area contributed by atoms with Crippen LogP contribution in [0.4, 0.5) is 4.39 Å². The first-order chi connectivity index (χ1) is 15.1. The summed E-state index contributed by atoms with van der Waals surface area (Å²) in [6, 6.07) is 10.3. The van der Waals surface area contributed by atoms with Gasteiger partial charge in [-0.25, -0.2) is 9.07 Å². The number of hydrogen-bond acceptors (Lipinski definition) is 5. The van der Waals surface area contributed by atoms with Gasteiger partial charge in [0.15, 0.2) is 5.96 Å². The van der Waals surface area contributed by atoms with Crippen LogP contribution in [0.2, 0.25) is 0 Å². The number of hydrogen-bond donors (Lipinski definition) is 1. The van der Waals surface area contributed by atoms with E-state index >= 15 is 0 Å². The lowest BCUT2D eigenvalue weighted by Crippen LogP contribution is -2.52. The minimum atomic E-state index is -0.249. The third-order valence-electron chi connectivity index (χ3n) is 5.35. The van der Waals surface area contributed by atoms with Crippen molar-refractivity contribution in [3.8, 4) is 5.69 Å². The SMILES string of the molecule is CN=C(NCCc1ccn(-c2ccc(F)cc2)n1)N1CCN(Cc2cc(C)on2)CC1. The highest BCUT2D eigenvalue weighted by Gasteiger charge is 2.20. The number of aromatic nitrogens is 3. The summed E-state index contributed by atoms with van der Waals surface area (Å²) in [6.45, 7) is 7.20. The van der Waals surface area contributed by atoms with Crippen molar-refractivity contribution in [2.24, 2.45) is 4.99 Å². The van der Waals surface area contributed by atoms with Crippen LogP contribution in [0.5, 0.6) is 0 Å². The molecule has 0 radical (unpaired) electrons. The van der Waals surface area contributed by atoms with Crippen LogP contribution in [0.25, 0.3) is 5.69 Å². The summed E-state index contributed by atoms with van der Waals surface area (Å²) < 4.78 is 20.0. The zero-order valence-electron chi connectivity index (χ0n) is 18.0. The molecule has 0 saturated carbocycles. The molecule has 1 aromatic carbocycles. The van der Waals surface area contributed by atoms with Crippen molar-refractivity contribution in [1.29, 1.82) is 0 Å². The summed E-state index contributed by atoms with van der Waals surface area (Å²) in [6.07, 6.45) is 2.67. The standard InChI is InChI=1S/C22H28FN7O/c1-17-15-20(27-31-17)16-28-11-13-29(14-12-28)22(24-2)25-9-7-19-8-10-30(26-19)21-5-3-18(23)4-6-21/h3-6,8,10,15H,7,9,11-14,16H2,1-2H3,(H,24,25). The largest absolute Gasteiger partial charge is 0.361 e. The van der Waals surface area contributed by atoms with E-state index in [1.807, 2.05) is 32.3 Å². The Hall–Kier alpha value is -3.20. The van der Waals surface area contributed by atoms with Crippen molar-refractivity contribution >= 4 is 5.96 Å². The molecule has 3 aromatic rings. The first-order valence-electron chi connectivity index (χ1n) is 10.5. The van der Waals surface area contributed by atoms with E-state index in [9.17, 15) is 4.39 Å². The Balaban J connectivity index is 1.23. The predicted molar refractivity (Wildman–Crippen MR) is 117 cm³/mol. The van der Waals surface area contributed by atoms with Crippen molar-refractivity contribution in [2.45, 2.75) is 19.9 Å². The van der Waals surface area contributed by atoms with Gasteiger partial charge < -0.3 is 14.7 Å². The Morgan fingerprint density at radius 3 is 2.58 bits per heavy atom. The second-order valence-electron chi connectivity index (χ2n) is 7.64. The lowest BCUT2D eigenvalue weighted by Gasteiger charge is -2.36. The van der Waals surface area contributed by atoms with Crippen LogP contribution < -0.4 is 5.32 Å². The second-order valence-corrected chi connectivity index (χ2v) is 7.64. The number of rotatable bonds is 6. The van der Waals surface area contributed by atoms with Crippen LogP contribution in [0, 0.1) is 12.7 Å². The summed E-state index contributed by atoms with van der Waals surface area (Å²) >= 11 is 0. The number of nitrogens with zero attached hydrogens (tertiary/aromatic N) is 6. The molecule has 0 aliphatic carbocycles. The molecule has 164 valence electrons.